The van der Waals surface area contributed by atoms with Crippen LogP contribution in [0.2, 0.25) is 5.28 Å². The molecule has 1 fully saturated rings. The Bertz CT molecular complexity index is 740. The molecule has 8 heteroatoms. The first kappa shape index (κ1) is 16.8. The second kappa shape index (κ2) is 6.47. The van der Waals surface area contributed by atoms with Gasteiger partial charge in [0.05, 0.1) is 5.39 Å². The van der Waals surface area contributed by atoms with E-state index in [9.17, 15) is 4.79 Å². The van der Waals surface area contributed by atoms with E-state index in [4.69, 9.17) is 16.3 Å². The Kier molecular flexibility index (Phi) is 4.54. The van der Waals surface area contributed by atoms with Gasteiger partial charge < -0.3 is 19.9 Å². The second-order valence-electron chi connectivity index (χ2n) is 6.99. The Hall–Kier alpha value is -2.02. The number of H-pyrrole nitrogens is 1. The number of amides is 1. The maximum Gasteiger partial charge on any atom is 0.410 e. The van der Waals surface area contributed by atoms with Crippen LogP contribution in [0.5, 0.6) is 0 Å². The van der Waals surface area contributed by atoms with E-state index in [0.717, 1.165) is 18.2 Å². The molecule has 2 aromatic heterocycles. The zero-order chi connectivity index (χ0) is 17.3. The van der Waals surface area contributed by atoms with E-state index in [1.807, 2.05) is 26.8 Å². The Morgan fingerprint density at radius 1 is 1.46 bits per heavy atom. The SMILES string of the molecule is CC(C)(C)OC(=O)N1CCC[C@@H](Nc2nc(Cl)nc3[nH]ccc23)C1. The number of aromatic amines is 1. The van der Waals surface area contributed by atoms with Gasteiger partial charge in [0.25, 0.3) is 0 Å². The summed E-state index contributed by atoms with van der Waals surface area (Å²) >= 11 is 5.98. The largest absolute Gasteiger partial charge is 0.444 e. The number of rotatable bonds is 2. The van der Waals surface area contributed by atoms with Crippen molar-refractivity contribution in [1.29, 1.82) is 0 Å². The van der Waals surface area contributed by atoms with Gasteiger partial charge in [-0.15, -0.1) is 0 Å². The lowest BCUT2D eigenvalue weighted by Crippen LogP contribution is -2.47. The molecule has 0 aromatic carbocycles. The van der Waals surface area contributed by atoms with E-state index >= 15 is 0 Å². The zero-order valence-electron chi connectivity index (χ0n) is 14.1. The van der Waals surface area contributed by atoms with Gasteiger partial charge in [0.15, 0.2) is 0 Å². The molecule has 0 spiro atoms. The van der Waals surface area contributed by atoms with Crippen LogP contribution in [0.15, 0.2) is 12.3 Å². The number of ether oxygens (including phenoxy) is 1. The molecule has 24 heavy (non-hydrogen) atoms. The maximum absolute atomic E-state index is 12.3. The van der Waals surface area contributed by atoms with E-state index in [0.29, 0.717) is 24.6 Å². The highest BCUT2D eigenvalue weighted by Crippen LogP contribution is 2.24. The molecule has 2 N–H and O–H groups in total. The van der Waals surface area contributed by atoms with E-state index < -0.39 is 5.60 Å². The number of hydrogen-bond donors (Lipinski definition) is 2. The minimum absolute atomic E-state index is 0.0929. The molecule has 2 aromatic rings. The fourth-order valence-electron chi connectivity index (χ4n) is 2.80. The number of nitrogens with one attached hydrogen (secondary N) is 2. The van der Waals surface area contributed by atoms with Crippen LogP contribution in [-0.2, 0) is 4.74 Å². The van der Waals surface area contributed by atoms with Crippen LogP contribution >= 0.6 is 11.6 Å². The number of anilines is 1. The number of carbonyl (C=O) groups excluding carboxylic acids is 1. The summed E-state index contributed by atoms with van der Waals surface area (Å²) in [6.45, 7) is 6.89. The first-order valence-electron chi connectivity index (χ1n) is 8.07. The lowest BCUT2D eigenvalue weighted by molar-refractivity contribution is 0.0206. The molecule has 0 radical (unpaired) electrons. The fraction of sp³-hybridized carbons (Fsp3) is 0.562. The monoisotopic (exact) mass is 351 g/mol. The summed E-state index contributed by atoms with van der Waals surface area (Å²) in [5, 5.41) is 4.46. The standard InChI is InChI=1S/C16H22ClN5O2/c1-16(2,3)24-15(23)22-8-4-5-10(9-22)19-13-11-6-7-18-12(11)20-14(17)21-13/h6-7,10H,4-5,8-9H2,1-3H3,(H2,18,19,20,21)/t10-/m1/s1. The summed E-state index contributed by atoms with van der Waals surface area (Å²) in [6, 6.07) is 2.00. The molecule has 0 aliphatic carbocycles. The number of fused-ring (bicyclic) bond motifs is 1. The Morgan fingerprint density at radius 3 is 3.00 bits per heavy atom. The molecule has 1 aliphatic rings. The van der Waals surface area contributed by atoms with E-state index in [-0.39, 0.29) is 17.4 Å². The molecule has 0 unspecified atom stereocenters. The molecular formula is C16H22ClN5O2. The number of carbonyl (C=O) groups is 1. The number of piperidine rings is 1. The Morgan fingerprint density at radius 2 is 2.25 bits per heavy atom. The average molecular weight is 352 g/mol. The fourth-order valence-corrected chi connectivity index (χ4v) is 2.97. The lowest BCUT2D eigenvalue weighted by atomic mass is 10.1. The van der Waals surface area contributed by atoms with Crippen LogP contribution < -0.4 is 5.32 Å². The van der Waals surface area contributed by atoms with E-state index in [1.165, 1.54) is 0 Å². The van der Waals surface area contributed by atoms with Gasteiger partial charge in [-0.25, -0.2) is 9.78 Å². The van der Waals surface area contributed by atoms with Gasteiger partial charge in [0, 0.05) is 25.3 Å². The predicted molar refractivity (Wildman–Crippen MR) is 93.4 cm³/mol. The van der Waals surface area contributed by atoms with E-state index in [2.05, 4.69) is 20.3 Å². The Labute approximate surface area is 145 Å². The molecule has 3 heterocycles. The molecule has 130 valence electrons. The number of nitrogens with zero attached hydrogens (tertiary/aromatic N) is 3. The van der Waals surface area contributed by atoms with Crippen molar-refractivity contribution in [2.75, 3.05) is 18.4 Å². The summed E-state index contributed by atoms with van der Waals surface area (Å²) < 4.78 is 5.46. The molecule has 3 rings (SSSR count). The molecular weight excluding hydrogens is 330 g/mol. The highest BCUT2D eigenvalue weighted by molar-refractivity contribution is 6.28. The zero-order valence-corrected chi connectivity index (χ0v) is 14.9. The van der Waals surface area contributed by atoms with Gasteiger partial charge in [-0.3, -0.25) is 0 Å². The first-order valence-corrected chi connectivity index (χ1v) is 8.45. The van der Waals surface area contributed by atoms with Crippen LogP contribution in [0.1, 0.15) is 33.6 Å². The van der Waals surface area contributed by atoms with Crippen LogP contribution in [0.4, 0.5) is 10.6 Å². The number of aromatic nitrogens is 3. The minimum Gasteiger partial charge on any atom is -0.444 e. The molecule has 1 saturated heterocycles. The molecule has 1 amide bonds. The van der Waals surface area contributed by atoms with Crippen LogP contribution in [0.3, 0.4) is 0 Å². The van der Waals surface area contributed by atoms with Crippen molar-refractivity contribution in [3.8, 4) is 0 Å². The lowest BCUT2D eigenvalue weighted by Gasteiger charge is -2.34. The molecule has 1 atom stereocenters. The van der Waals surface area contributed by atoms with Gasteiger partial charge >= 0.3 is 6.09 Å². The van der Waals surface area contributed by atoms with Gasteiger partial charge in [0.1, 0.15) is 17.1 Å². The highest BCUT2D eigenvalue weighted by Gasteiger charge is 2.28. The molecule has 7 nitrogen and oxygen atoms in total. The van der Waals surface area contributed by atoms with Crippen molar-refractivity contribution in [2.24, 2.45) is 0 Å². The second-order valence-corrected chi connectivity index (χ2v) is 7.33. The van der Waals surface area contributed by atoms with Crippen molar-refractivity contribution in [1.82, 2.24) is 19.9 Å². The quantitative estimate of drug-likeness (QED) is 0.810. The first-order chi connectivity index (χ1) is 11.3. The smallest absolute Gasteiger partial charge is 0.410 e. The van der Waals surface area contributed by atoms with Crippen molar-refractivity contribution in [3.05, 3.63) is 17.5 Å². The summed E-state index contributed by atoms with van der Waals surface area (Å²) in [5.74, 6) is 0.683. The number of halogens is 1. The van der Waals surface area contributed by atoms with Crippen LogP contribution in [0, 0.1) is 0 Å². The molecule has 1 aliphatic heterocycles. The van der Waals surface area contributed by atoms with Crippen molar-refractivity contribution >= 4 is 34.5 Å². The third-order valence-electron chi connectivity index (χ3n) is 3.80. The number of likely N-dealkylation sites (tertiary alicyclic amines) is 1. The van der Waals surface area contributed by atoms with Gasteiger partial charge in [-0.1, -0.05) is 0 Å². The Balaban J connectivity index is 1.71. The van der Waals surface area contributed by atoms with Gasteiger partial charge in [-0.05, 0) is 51.3 Å². The molecule has 0 saturated carbocycles. The summed E-state index contributed by atoms with van der Waals surface area (Å²) in [5.41, 5.74) is 0.201. The van der Waals surface area contributed by atoms with Crippen LogP contribution in [0.25, 0.3) is 11.0 Å². The van der Waals surface area contributed by atoms with E-state index in [1.54, 1.807) is 11.1 Å². The topological polar surface area (TPSA) is 83.1 Å². The third-order valence-corrected chi connectivity index (χ3v) is 3.97. The minimum atomic E-state index is -0.491. The van der Waals surface area contributed by atoms with Gasteiger partial charge in [-0.2, -0.15) is 4.98 Å². The summed E-state index contributed by atoms with van der Waals surface area (Å²) in [4.78, 5) is 25.5. The van der Waals surface area contributed by atoms with Crippen molar-refractivity contribution in [3.63, 3.8) is 0 Å². The summed E-state index contributed by atoms with van der Waals surface area (Å²) in [7, 11) is 0. The van der Waals surface area contributed by atoms with Gasteiger partial charge in [0.2, 0.25) is 5.28 Å². The average Bonchev–Trinajstić information content (AvgIpc) is 2.94. The van der Waals surface area contributed by atoms with Crippen molar-refractivity contribution in [2.45, 2.75) is 45.3 Å². The molecule has 0 bridgehead atoms. The third kappa shape index (κ3) is 3.90. The number of hydrogen-bond acceptors (Lipinski definition) is 5. The normalized spacial score (nSPS) is 18.7. The van der Waals surface area contributed by atoms with Crippen LogP contribution in [-0.4, -0.2) is 50.7 Å². The predicted octanol–water partition coefficient (Wildman–Crippen LogP) is 3.42. The maximum atomic E-state index is 12.3. The van der Waals surface area contributed by atoms with Crippen molar-refractivity contribution < 1.29 is 9.53 Å². The highest BCUT2D eigenvalue weighted by atomic mass is 35.5. The summed E-state index contributed by atoms with van der Waals surface area (Å²) in [6.07, 6.45) is 3.38.